The van der Waals surface area contributed by atoms with Crippen LogP contribution in [0.5, 0.6) is 11.5 Å². The third kappa shape index (κ3) is 3.18. The van der Waals surface area contributed by atoms with Gasteiger partial charge in [-0.3, -0.25) is 0 Å². The highest BCUT2D eigenvalue weighted by molar-refractivity contribution is 5.36. The number of hydrogen-bond acceptors (Lipinski definition) is 3. The SMILES string of the molecule is O[C@@H](c1ccccc1)[C@@H]1O[C@H]1c1cccc(Oc2ccccc2)c1. The molecule has 3 atom stereocenters. The van der Waals surface area contributed by atoms with Crippen molar-refractivity contribution >= 4 is 0 Å². The Balaban J connectivity index is 1.47. The molecule has 4 rings (SSSR count). The Kier molecular flexibility index (Phi) is 4.03. The first kappa shape index (κ1) is 14.9. The van der Waals surface area contributed by atoms with Gasteiger partial charge in [-0.2, -0.15) is 0 Å². The molecule has 120 valence electrons. The lowest BCUT2D eigenvalue weighted by molar-refractivity contribution is 0.137. The average Bonchev–Trinajstić information content (AvgIpc) is 3.44. The Bertz CT molecular complexity index is 802. The van der Waals surface area contributed by atoms with Gasteiger partial charge < -0.3 is 14.6 Å². The van der Waals surface area contributed by atoms with Crippen LogP contribution >= 0.6 is 0 Å². The predicted octanol–water partition coefficient (Wildman–Crippen LogP) is 4.65. The van der Waals surface area contributed by atoms with Gasteiger partial charge in [0.05, 0.1) is 0 Å². The van der Waals surface area contributed by atoms with E-state index in [-0.39, 0.29) is 12.2 Å². The third-order valence-electron chi connectivity index (χ3n) is 4.14. The lowest BCUT2D eigenvalue weighted by atomic mass is 10.0. The molecule has 24 heavy (non-hydrogen) atoms. The molecule has 0 unspecified atom stereocenters. The molecule has 3 aromatic carbocycles. The van der Waals surface area contributed by atoms with E-state index in [1.807, 2.05) is 84.9 Å². The molecule has 0 aliphatic carbocycles. The van der Waals surface area contributed by atoms with E-state index in [0.717, 1.165) is 22.6 Å². The fourth-order valence-corrected chi connectivity index (χ4v) is 2.85. The molecule has 0 bridgehead atoms. The molecule has 0 spiro atoms. The molecular formula is C21H18O3. The van der Waals surface area contributed by atoms with E-state index in [1.54, 1.807) is 0 Å². The zero-order valence-corrected chi connectivity index (χ0v) is 13.1. The van der Waals surface area contributed by atoms with E-state index < -0.39 is 6.10 Å². The van der Waals surface area contributed by atoms with Crippen molar-refractivity contribution in [2.45, 2.75) is 18.3 Å². The van der Waals surface area contributed by atoms with E-state index in [1.165, 1.54) is 0 Å². The Labute approximate surface area is 141 Å². The van der Waals surface area contributed by atoms with Gasteiger partial charge in [-0.05, 0) is 35.4 Å². The first-order valence-corrected chi connectivity index (χ1v) is 8.02. The number of para-hydroxylation sites is 1. The van der Waals surface area contributed by atoms with Crippen LogP contribution in [0.1, 0.15) is 23.3 Å². The molecule has 1 saturated heterocycles. The summed E-state index contributed by atoms with van der Waals surface area (Å²) in [6, 6.07) is 27.1. The van der Waals surface area contributed by atoms with Crippen molar-refractivity contribution in [3.8, 4) is 11.5 Å². The van der Waals surface area contributed by atoms with Gasteiger partial charge in [0.1, 0.15) is 29.8 Å². The highest BCUT2D eigenvalue weighted by Crippen LogP contribution is 2.46. The zero-order valence-electron chi connectivity index (χ0n) is 13.1. The third-order valence-corrected chi connectivity index (χ3v) is 4.14. The molecule has 3 heteroatoms. The van der Waals surface area contributed by atoms with Crippen LogP contribution in [-0.4, -0.2) is 11.2 Å². The average molecular weight is 318 g/mol. The molecule has 0 aromatic heterocycles. The standard InChI is InChI=1S/C21H18O3/c22-19(15-8-3-1-4-9-15)21-20(24-21)16-10-7-13-18(14-16)23-17-11-5-2-6-12-17/h1-14,19-22H/t19-,20-,21-/m0/s1. The summed E-state index contributed by atoms with van der Waals surface area (Å²) in [5.74, 6) is 1.56. The topological polar surface area (TPSA) is 42.0 Å². The summed E-state index contributed by atoms with van der Waals surface area (Å²) in [7, 11) is 0. The highest BCUT2D eigenvalue weighted by Gasteiger charge is 2.46. The lowest BCUT2D eigenvalue weighted by Crippen LogP contribution is -2.05. The smallest absolute Gasteiger partial charge is 0.127 e. The summed E-state index contributed by atoms with van der Waals surface area (Å²) in [5.41, 5.74) is 1.89. The molecule has 1 fully saturated rings. The highest BCUT2D eigenvalue weighted by atomic mass is 16.6. The molecule has 3 nitrogen and oxygen atoms in total. The summed E-state index contributed by atoms with van der Waals surface area (Å²) < 4.78 is 11.6. The van der Waals surface area contributed by atoms with Gasteiger partial charge in [0.25, 0.3) is 0 Å². The molecule has 1 aliphatic heterocycles. The van der Waals surface area contributed by atoms with E-state index in [9.17, 15) is 5.11 Å². The number of rotatable bonds is 5. The summed E-state index contributed by atoms with van der Waals surface area (Å²) in [5, 5.41) is 10.4. The van der Waals surface area contributed by atoms with Crippen molar-refractivity contribution in [2.24, 2.45) is 0 Å². The second-order valence-corrected chi connectivity index (χ2v) is 5.86. The largest absolute Gasteiger partial charge is 0.457 e. The Morgan fingerprint density at radius 3 is 2.21 bits per heavy atom. The van der Waals surface area contributed by atoms with Crippen molar-refractivity contribution in [2.75, 3.05) is 0 Å². The van der Waals surface area contributed by atoms with E-state index in [4.69, 9.17) is 9.47 Å². The van der Waals surface area contributed by atoms with Crippen LogP contribution in [0.2, 0.25) is 0 Å². The van der Waals surface area contributed by atoms with Crippen molar-refractivity contribution in [3.05, 3.63) is 96.1 Å². The van der Waals surface area contributed by atoms with Crippen LogP contribution in [0, 0.1) is 0 Å². The van der Waals surface area contributed by atoms with E-state index in [2.05, 4.69) is 0 Å². The molecule has 0 saturated carbocycles. The Hall–Kier alpha value is -2.62. The molecule has 0 radical (unpaired) electrons. The number of hydrogen-bond donors (Lipinski definition) is 1. The van der Waals surface area contributed by atoms with Crippen LogP contribution in [0.25, 0.3) is 0 Å². The van der Waals surface area contributed by atoms with Crippen LogP contribution in [0.4, 0.5) is 0 Å². The molecule has 1 N–H and O–H groups in total. The van der Waals surface area contributed by atoms with Crippen molar-refractivity contribution in [1.29, 1.82) is 0 Å². The zero-order chi connectivity index (χ0) is 16.4. The monoisotopic (exact) mass is 318 g/mol. The molecular weight excluding hydrogens is 300 g/mol. The van der Waals surface area contributed by atoms with E-state index >= 15 is 0 Å². The van der Waals surface area contributed by atoms with Crippen LogP contribution in [-0.2, 0) is 4.74 Å². The van der Waals surface area contributed by atoms with Crippen molar-refractivity contribution < 1.29 is 14.6 Å². The molecule has 1 aliphatic rings. The maximum Gasteiger partial charge on any atom is 0.127 e. The minimum Gasteiger partial charge on any atom is -0.457 e. The van der Waals surface area contributed by atoms with Crippen LogP contribution in [0.15, 0.2) is 84.9 Å². The lowest BCUT2D eigenvalue weighted by Gasteiger charge is -2.08. The molecule has 0 amide bonds. The van der Waals surface area contributed by atoms with Gasteiger partial charge in [0.2, 0.25) is 0 Å². The van der Waals surface area contributed by atoms with Crippen LogP contribution in [0.3, 0.4) is 0 Å². The van der Waals surface area contributed by atoms with Crippen molar-refractivity contribution in [1.82, 2.24) is 0 Å². The Morgan fingerprint density at radius 2 is 1.46 bits per heavy atom. The summed E-state index contributed by atoms with van der Waals surface area (Å²) in [6.45, 7) is 0. The fraction of sp³-hybridized carbons (Fsp3) is 0.143. The van der Waals surface area contributed by atoms with E-state index in [0.29, 0.717) is 0 Å². The quantitative estimate of drug-likeness (QED) is 0.696. The normalized spacial score (nSPS) is 20.4. The van der Waals surface area contributed by atoms with Gasteiger partial charge >= 0.3 is 0 Å². The minimum atomic E-state index is -0.616. The fourth-order valence-electron chi connectivity index (χ4n) is 2.85. The predicted molar refractivity (Wildman–Crippen MR) is 92.0 cm³/mol. The summed E-state index contributed by atoms with van der Waals surface area (Å²) in [6.07, 6.45) is -0.922. The second kappa shape index (κ2) is 6.48. The van der Waals surface area contributed by atoms with Gasteiger partial charge in [0.15, 0.2) is 0 Å². The van der Waals surface area contributed by atoms with Gasteiger partial charge in [-0.1, -0.05) is 60.7 Å². The number of epoxide rings is 1. The molecule has 3 aromatic rings. The van der Waals surface area contributed by atoms with Gasteiger partial charge in [0, 0.05) is 0 Å². The number of aliphatic hydroxyl groups is 1. The summed E-state index contributed by atoms with van der Waals surface area (Å²) in [4.78, 5) is 0. The second-order valence-electron chi connectivity index (χ2n) is 5.86. The Morgan fingerprint density at radius 1 is 0.792 bits per heavy atom. The number of aliphatic hydroxyl groups excluding tert-OH is 1. The summed E-state index contributed by atoms with van der Waals surface area (Å²) >= 11 is 0. The maximum atomic E-state index is 10.4. The van der Waals surface area contributed by atoms with Crippen LogP contribution < -0.4 is 4.74 Å². The number of ether oxygens (including phenoxy) is 2. The first-order valence-electron chi connectivity index (χ1n) is 8.02. The van der Waals surface area contributed by atoms with Gasteiger partial charge in [-0.15, -0.1) is 0 Å². The number of benzene rings is 3. The molecule has 1 heterocycles. The van der Waals surface area contributed by atoms with Crippen molar-refractivity contribution in [3.63, 3.8) is 0 Å². The van der Waals surface area contributed by atoms with Gasteiger partial charge in [-0.25, -0.2) is 0 Å². The first-order chi connectivity index (χ1) is 11.8. The maximum absolute atomic E-state index is 10.4. The minimum absolute atomic E-state index is 0.0977.